The topological polar surface area (TPSA) is 61.8 Å². The lowest BCUT2D eigenvalue weighted by Crippen LogP contribution is -2.51. The average Bonchev–Trinajstić information content (AvgIpc) is 2.25. The molecule has 1 aromatic carbocycles. The molecule has 0 aliphatic heterocycles. The van der Waals surface area contributed by atoms with Crippen LogP contribution in [0.2, 0.25) is 5.02 Å². The molecule has 0 aromatic heterocycles. The number of hydrogen-bond donors (Lipinski definition) is 2. The summed E-state index contributed by atoms with van der Waals surface area (Å²) in [6, 6.07) is 7.28. The third kappa shape index (κ3) is 2.29. The molecule has 0 radical (unpaired) electrons. The number of nitriles is 1. The van der Waals surface area contributed by atoms with E-state index in [2.05, 4.69) is 11.4 Å². The predicted octanol–water partition coefficient (Wildman–Crippen LogP) is 2.50. The van der Waals surface area contributed by atoms with Crippen LogP contribution in [0.5, 0.6) is 0 Å². The van der Waals surface area contributed by atoms with E-state index in [4.69, 9.17) is 22.6 Å². The second-order valence-corrected chi connectivity index (χ2v) is 4.78. The van der Waals surface area contributed by atoms with Crippen molar-refractivity contribution in [2.24, 2.45) is 5.73 Å². The molecule has 0 amide bonds. The third-order valence-electron chi connectivity index (χ3n) is 3.08. The smallest absolute Gasteiger partial charge is 0.0992 e. The fourth-order valence-corrected chi connectivity index (χ4v) is 2.05. The fraction of sp³-hybridized carbons (Fsp3) is 0.417. The van der Waals surface area contributed by atoms with Crippen LogP contribution in [0, 0.1) is 11.3 Å². The maximum absolute atomic E-state index is 8.71. The van der Waals surface area contributed by atoms with Crippen molar-refractivity contribution in [2.75, 3.05) is 11.9 Å². The van der Waals surface area contributed by atoms with Crippen LogP contribution in [0.3, 0.4) is 0 Å². The molecule has 0 atom stereocenters. The molecule has 0 unspecified atom stereocenters. The summed E-state index contributed by atoms with van der Waals surface area (Å²) in [6.07, 6.45) is 3.33. The Bertz CT molecular complexity index is 432. The van der Waals surface area contributed by atoms with Gasteiger partial charge in [0.15, 0.2) is 0 Å². The average molecular weight is 236 g/mol. The highest BCUT2D eigenvalue weighted by atomic mass is 35.5. The summed E-state index contributed by atoms with van der Waals surface area (Å²) in [5.41, 5.74) is 7.44. The molecule has 4 heteroatoms. The van der Waals surface area contributed by atoms with Crippen molar-refractivity contribution in [3.63, 3.8) is 0 Å². The van der Waals surface area contributed by atoms with Crippen molar-refractivity contribution in [3.8, 4) is 6.07 Å². The molecule has 3 N–H and O–H groups in total. The van der Waals surface area contributed by atoms with E-state index in [9.17, 15) is 0 Å². The number of nitrogens with one attached hydrogen (secondary N) is 1. The van der Waals surface area contributed by atoms with Gasteiger partial charge < -0.3 is 11.1 Å². The van der Waals surface area contributed by atoms with E-state index in [0.29, 0.717) is 10.6 Å². The molecule has 84 valence electrons. The van der Waals surface area contributed by atoms with Gasteiger partial charge in [0.1, 0.15) is 0 Å². The van der Waals surface area contributed by atoms with Crippen LogP contribution >= 0.6 is 11.6 Å². The lowest BCUT2D eigenvalue weighted by Gasteiger charge is -2.38. The summed E-state index contributed by atoms with van der Waals surface area (Å²) in [7, 11) is 0. The molecule has 1 saturated carbocycles. The molecule has 2 rings (SSSR count). The van der Waals surface area contributed by atoms with Crippen LogP contribution in [-0.2, 0) is 0 Å². The molecular formula is C12H14ClN3. The lowest BCUT2D eigenvalue weighted by atomic mass is 9.78. The maximum Gasteiger partial charge on any atom is 0.0992 e. The molecule has 0 bridgehead atoms. The Balaban J connectivity index is 2.02. The van der Waals surface area contributed by atoms with Gasteiger partial charge in [-0.05, 0) is 37.5 Å². The van der Waals surface area contributed by atoms with Gasteiger partial charge in [-0.1, -0.05) is 11.6 Å². The number of nitrogens with two attached hydrogens (primary N) is 1. The molecule has 1 aliphatic carbocycles. The molecule has 0 spiro atoms. The summed E-state index contributed by atoms with van der Waals surface area (Å²) in [4.78, 5) is 0. The minimum Gasteiger partial charge on any atom is -0.382 e. The van der Waals surface area contributed by atoms with E-state index in [1.807, 2.05) is 6.07 Å². The van der Waals surface area contributed by atoms with Gasteiger partial charge in [-0.25, -0.2) is 0 Å². The summed E-state index contributed by atoms with van der Waals surface area (Å²) in [5, 5.41) is 12.5. The number of benzene rings is 1. The van der Waals surface area contributed by atoms with Gasteiger partial charge in [-0.15, -0.1) is 0 Å². The number of hydrogen-bond acceptors (Lipinski definition) is 3. The van der Waals surface area contributed by atoms with Crippen molar-refractivity contribution in [1.29, 1.82) is 5.26 Å². The van der Waals surface area contributed by atoms with Crippen LogP contribution in [0.4, 0.5) is 5.69 Å². The Kier molecular flexibility index (Phi) is 3.04. The van der Waals surface area contributed by atoms with Crippen molar-refractivity contribution >= 4 is 17.3 Å². The lowest BCUT2D eigenvalue weighted by molar-refractivity contribution is 0.265. The van der Waals surface area contributed by atoms with Gasteiger partial charge in [-0.3, -0.25) is 0 Å². The highest BCUT2D eigenvalue weighted by Gasteiger charge is 2.32. The van der Waals surface area contributed by atoms with Gasteiger partial charge in [0.2, 0.25) is 0 Å². The van der Waals surface area contributed by atoms with Crippen LogP contribution < -0.4 is 11.1 Å². The first-order chi connectivity index (χ1) is 7.63. The molecule has 1 fully saturated rings. The van der Waals surface area contributed by atoms with Crippen LogP contribution in [0.1, 0.15) is 24.8 Å². The van der Waals surface area contributed by atoms with E-state index in [1.54, 1.807) is 12.1 Å². The molecule has 0 saturated heterocycles. The minimum atomic E-state index is -0.0722. The number of halogens is 1. The highest BCUT2D eigenvalue weighted by molar-refractivity contribution is 6.33. The summed E-state index contributed by atoms with van der Waals surface area (Å²) >= 11 is 6.04. The predicted molar refractivity (Wildman–Crippen MR) is 65.4 cm³/mol. The van der Waals surface area contributed by atoms with Crippen LogP contribution in [0.15, 0.2) is 18.2 Å². The van der Waals surface area contributed by atoms with Gasteiger partial charge in [0.05, 0.1) is 22.3 Å². The normalized spacial score (nSPS) is 17.3. The molecule has 1 aliphatic rings. The largest absolute Gasteiger partial charge is 0.382 e. The fourth-order valence-electron chi connectivity index (χ4n) is 1.81. The Morgan fingerprint density at radius 3 is 2.75 bits per heavy atom. The first kappa shape index (κ1) is 11.3. The Morgan fingerprint density at radius 1 is 1.50 bits per heavy atom. The SMILES string of the molecule is N#Cc1ccc(NCC2(N)CCC2)c(Cl)c1. The van der Waals surface area contributed by atoms with E-state index in [0.717, 1.165) is 25.1 Å². The first-order valence-electron chi connectivity index (χ1n) is 5.35. The van der Waals surface area contributed by atoms with Gasteiger partial charge >= 0.3 is 0 Å². The van der Waals surface area contributed by atoms with Crippen molar-refractivity contribution in [2.45, 2.75) is 24.8 Å². The number of anilines is 1. The van der Waals surface area contributed by atoms with E-state index < -0.39 is 0 Å². The maximum atomic E-state index is 8.71. The van der Waals surface area contributed by atoms with Crippen molar-refractivity contribution in [3.05, 3.63) is 28.8 Å². The quantitative estimate of drug-likeness (QED) is 0.846. The van der Waals surface area contributed by atoms with Gasteiger partial charge in [0.25, 0.3) is 0 Å². The highest BCUT2D eigenvalue weighted by Crippen LogP contribution is 2.30. The Morgan fingerprint density at radius 2 is 2.25 bits per heavy atom. The monoisotopic (exact) mass is 235 g/mol. The second kappa shape index (κ2) is 4.32. The van der Waals surface area contributed by atoms with Gasteiger partial charge in [0, 0.05) is 12.1 Å². The zero-order valence-corrected chi connectivity index (χ0v) is 9.72. The zero-order valence-electron chi connectivity index (χ0n) is 8.96. The molecule has 3 nitrogen and oxygen atoms in total. The van der Waals surface area contributed by atoms with E-state index in [1.165, 1.54) is 6.42 Å². The van der Waals surface area contributed by atoms with Crippen molar-refractivity contribution < 1.29 is 0 Å². The van der Waals surface area contributed by atoms with Gasteiger partial charge in [-0.2, -0.15) is 5.26 Å². The number of rotatable bonds is 3. The summed E-state index contributed by atoms with van der Waals surface area (Å²) in [5.74, 6) is 0. The van der Waals surface area contributed by atoms with Crippen molar-refractivity contribution in [1.82, 2.24) is 0 Å². The molecular weight excluding hydrogens is 222 g/mol. The third-order valence-corrected chi connectivity index (χ3v) is 3.39. The van der Waals surface area contributed by atoms with Crippen LogP contribution in [0.25, 0.3) is 0 Å². The summed E-state index contributed by atoms with van der Waals surface area (Å²) in [6.45, 7) is 0.735. The van der Waals surface area contributed by atoms with E-state index >= 15 is 0 Å². The Hall–Kier alpha value is -1.24. The zero-order chi connectivity index (χ0) is 11.6. The standard InChI is InChI=1S/C12H14ClN3/c13-10-6-9(7-14)2-3-11(10)16-8-12(15)4-1-5-12/h2-3,6,16H,1,4-5,8,15H2. The second-order valence-electron chi connectivity index (χ2n) is 4.38. The molecule has 0 heterocycles. The minimum absolute atomic E-state index is 0.0722. The first-order valence-corrected chi connectivity index (χ1v) is 5.73. The van der Waals surface area contributed by atoms with Crippen LogP contribution in [-0.4, -0.2) is 12.1 Å². The molecule has 1 aromatic rings. The van der Waals surface area contributed by atoms with E-state index in [-0.39, 0.29) is 5.54 Å². The molecule has 16 heavy (non-hydrogen) atoms. The Labute approximate surface area is 100 Å². The summed E-state index contributed by atoms with van der Waals surface area (Å²) < 4.78 is 0. The number of nitrogens with zero attached hydrogens (tertiary/aromatic N) is 1.